The van der Waals surface area contributed by atoms with Crippen LogP contribution in [0.25, 0.3) is 0 Å². The van der Waals surface area contributed by atoms with Gasteiger partial charge in [-0.25, -0.2) is 0 Å². The molecule has 1 rings (SSSR count). The van der Waals surface area contributed by atoms with Crippen LogP contribution in [-0.2, 0) is 0 Å². The molecule has 0 saturated carbocycles. The van der Waals surface area contributed by atoms with E-state index in [4.69, 9.17) is 5.73 Å². The molecule has 0 spiro atoms. The fourth-order valence-corrected chi connectivity index (χ4v) is 2.47. The lowest BCUT2D eigenvalue weighted by atomic mass is 9.96. The summed E-state index contributed by atoms with van der Waals surface area (Å²) in [6.07, 6.45) is 2.03. The normalized spacial score (nSPS) is 34.2. The molecule has 60 valence electrons. The predicted molar refractivity (Wildman–Crippen MR) is 45.1 cm³/mol. The molecule has 0 aromatic heterocycles. The Kier molecular flexibility index (Phi) is 3.52. The molecule has 0 amide bonds. The highest BCUT2D eigenvalue weighted by atomic mass is 32.2. The van der Waals surface area contributed by atoms with Crippen molar-refractivity contribution in [3.63, 3.8) is 0 Å². The fourth-order valence-electron chi connectivity index (χ4n) is 1.32. The summed E-state index contributed by atoms with van der Waals surface area (Å²) >= 11 is 1.84. The van der Waals surface area contributed by atoms with Crippen molar-refractivity contribution >= 4 is 11.8 Å². The van der Waals surface area contributed by atoms with E-state index in [9.17, 15) is 5.11 Å². The van der Waals surface area contributed by atoms with Gasteiger partial charge >= 0.3 is 0 Å². The summed E-state index contributed by atoms with van der Waals surface area (Å²) in [5.41, 5.74) is 5.40. The highest BCUT2D eigenvalue weighted by Crippen LogP contribution is 2.25. The number of thioether (sulfide) groups is 1. The topological polar surface area (TPSA) is 46.2 Å². The zero-order chi connectivity index (χ0) is 7.40. The fraction of sp³-hybridized carbons (Fsp3) is 1.00. The van der Waals surface area contributed by atoms with E-state index in [2.05, 4.69) is 0 Å². The van der Waals surface area contributed by atoms with Crippen molar-refractivity contribution in [2.45, 2.75) is 18.9 Å². The molecule has 2 nitrogen and oxygen atoms in total. The Bertz CT molecular complexity index is 97.6. The smallest absolute Gasteiger partial charge is 0.0659 e. The summed E-state index contributed by atoms with van der Waals surface area (Å²) in [6.45, 7) is 0.715. The predicted octanol–water partition coefficient (Wildman–Crippen LogP) is 0.449. The van der Waals surface area contributed by atoms with Crippen molar-refractivity contribution in [2.24, 2.45) is 11.7 Å². The van der Waals surface area contributed by atoms with Crippen molar-refractivity contribution in [3.8, 4) is 0 Å². The molecule has 1 aliphatic heterocycles. The van der Waals surface area contributed by atoms with Gasteiger partial charge in [-0.3, -0.25) is 0 Å². The molecular formula is C7H15NOS. The van der Waals surface area contributed by atoms with E-state index >= 15 is 0 Å². The summed E-state index contributed by atoms with van der Waals surface area (Å²) in [6, 6.07) is 0. The molecule has 2 atom stereocenters. The molecule has 1 aliphatic rings. The van der Waals surface area contributed by atoms with E-state index in [1.54, 1.807) is 0 Å². The zero-order valence-electron chi connectivity index (χ0n) is 6.12. The molecule has 1 fully saturated rings. The van der Waals surface area contributed by atoms with Gasteiger partial charge in [0.1, 0.15) is 0 Å². The first kappa shape index (κ1) is 8.37. The number of rotatable bonds is 2. The van der Waals surface area contributed by atoms with Crippen LogP contribution in [0.1, 0.15) is 12.8 Å². The maximum Gasteiger partial charge on any atom is 0.0659 e. The van der Waals surface area contributed by atoms with Gasteiger partial charge in [0.25, 0.3) is 0 Å². The lowest BCUT2D eigenvalue weighted by Gasteiger charge is -2.26. The van der Waals surface area contributed by atoms with E-state index < -0.39 is 0 Å². The standard InChI is InChI=1S/C7H15NOS/c8-3-1-6-2-4-10-5-7(6)9/h6-7,9H,1-5,8H2. The molecule has 0 aliphatic carbocycles. The molecule has 2 unspecified atom stereocenters. The molecule has 3 N–H and O–H groups in total. The molecule has 0 radical (unpaired) electrons. The lowest BCUT2D eigenvalue weighted by molar-refractivity contribution is 0.120. The van der Waals surface area contributed by atoms with E-state index in [0.29, 0.717) is 12.5 Å². The Morgan fingerprint density at radius 2 is 2.40 bits per heavy atom. The Labute approximate surface area is 66.2 Å². The molecular weight excluding hydrogens is 146 g/mol. The number of nitrogens with two attached hydrogens (primary N) is 1. The van der Waals surface area contributed by atoms with Crippen molar-refractivity contribution in [1.82, 2.24) is 0 Å². The zero-order valence-corrected chi connectivity index (χ0v) is 6.94. The Balaban J connectivity index is 2.25. The van der Waals surface area contributed by atoms with Crippen LogP contribution in [-0.4, -0.2) is 29.3 Å². The number of hydrogen-bond acceptors (Lipinski definition) is 3. The minimum absolute atomic E-state index is 0.0951. The van der Waals surface area contributed by atoms with Crippen LogP contribution in [0.15, 0.2) is 0 Å². The Morgan fingerprint density at radius 3 is 3.00 bits per heavy atom. The molecule has 1 heterocycles. The third-order valence-electron chi connectivity index (χ3n) is 2.00. The monoisotopic (exact) mass is 161 g/mol. The third kappa shape index (κ3) is 2.15. The molecule has 10 heavy (non-hydrogen) atoms. The second-order valence-electron chi connectivity index (χ2n) is 2.77. The van der Waals surface area contributed by atoms with Gasteiger partial charge in [-0.15, -0.1) is 0 Å². The van der Waals surface area contributed by atoms with Crippen LogP contribution in [0.5, 0.6) is 0 Å². The van der Waals surface area contributed by atoms with Gasteiger partial charge in [0, 0.05) is 5.75 Å². The molecule has 3 heteroatoms. The molecule has 0 aromatic rings. The highest BCUT2D eigenvalue weighted by molar-refractivity contribution is 7.99. The van der Waals surface area contributed by atoms with Gasteiger partial charge in [-0.05, 0) is 31.1 Å². The van der Waals surface area contributed by atoms with Gasteiger partial charge in [-0.2, -0.15) is 11.8 Å². The molecule has 0 aromatic carbocycles. The van der Waals surface area contributed by atoms with Crippen LogP contribution in [0.2, 0.25) is 0 Å². The summed E-state index contributed by atoms with van der Waals surface area (Å²) < 4.78 is 0. The maximum atomic E-state index is 9.42. The van der Waals surface area contributed by atoms with Crippen molar-refractivity contribution < 1.29 is 5.11 Å². The van der Waals surface area contributed by atoms with Gasteiger partial charge in [0.05, 0.1) is 6.10 Å². The van der Waals surface area contributed by atoms with E-state index in [1.165, 1.54) is 5.75 Å². The minimum atomic E-state index is -0.0951. The van der Waals surface area contributed by atoms with Crippen molar-refractivity contribution in [2.75, 3.05) is 18.1 Å². The average molecular weight is 161 g/mol. The second-order valence-corrected chi connectivity index (χ2v) is 3.92. The number of aliphatic hydroxyl groups excluding tert-OH is 1. The van der Waals surface area contributed by atoms with Gasteiger partial charge in [0.2, 0.25) is 0 Å². The van der Waals surface area contributed by atoms with Gasteiger partial charge < -0.3 is 10.8 Å². The summed E-state index contributed by atoms with van der Waals surface area (Å²) in [5, 5.41) is 9.42. The second kappa shape index (κ2) is 4.21. The molecule has 1 saturated heterocycles. The van der Waals surface area contributed by atoms with Gasteiger partial charge in [0.15, 0.2) is 0 Å². The number of aliphatic hydroxyl groups is 1. The van der Waals surface area contributed by atoms with E-state index in [1.807, 2.05) is 11.8 Å². The van der Waals surface area contributed by atoms with Crippen molar-refractivity contribution in [3.05, 3.63) is 0 Å². The number of hydrogen-bond donors (Lipinski definition) is 2. The lowest BCUT2D eigenvalue weighted by Crippen LogP contribution is -2.29. The van der Waals surface area contributed by atoms with Crippen LogP contribution in [0.4, 0.5) is 0 Å². The summed E-state index contributed by atoms with van der Waals surface area (Å²) in [7, 11) is 0. The first-order valence-corrected chi connectivity index (χ1v) is 4.96. The summed E-state index contributed by atoms with van der Waals surface area (Å²) in [5.74, 6) is 2.58. The first-order chi connectivity index (χ1) is 4.84. The maximum absolute atomic E-state index is 9.42. The third-order valence-corrected chi connectivity index (χ3v) is 3.10. The first-order valence-electron chi connectivity index (χ1n) is 3.80. The Morgan fingerprint density at radius 1 is 1.60 bits per heavy atom. The highest BCUT2D eigenvalue weighted by Gasteiger charge is 2.21. The van der Waals surface area contributed by atoms with Crippen LogP contribution < -0.4 is 5.73 Å². The largest absolute Gasteiger partial charge is 0.392 e. The van der Waals surface area contributed by atoms with Gasteiger partial charge in [-0.1, -0.05) is 0 Å². The average Bonchev–Trinajstić information content (AvgIpc) is 1.94. The van der Waals surface area contributed by atoms with E-state index in [0.717, 1.165) is 18.6 Å². The van der Waals surface area contributed by atoms with Crippen LogP contribution in [0, 0.1) is 5.92 Å². The van der Waals surface area contributed by atoms with Crippen molar-refractivity contribution in [1.29, 1.82) is 0 Å². The SMILES string of the molecule is NCCC1CCSCC1O. The van der Waals surface area contributed by atoms with Crippen LogP contribution >= 0.6 is 11.8 Å². The summed E-state index contributed by atoms with van der Waals surface area (Å²) in [4.78, 5) is 0. The van der Waals surface area contributed by atoms with E-state index in [-0.39, 0.29) is 6.10 Å². The Hall–Kier alpha value is 0.270. The molecule has 0 bridgehead atoms. The minimum Gasteiger partial charge on any atom is -0.392 e. The van der Waals surface area contributed by atoms with Crippen LogP contribution in [0.3, 0.4) is 0 Å². The quantitative estimate of drug-likeness (QED) is 0.618.